The number of rotatable bonds is 6. The average Bonchev–Trinajstić information content (AvgIpc) is 3.38. The van der Waals surface area contributed by atoms with Crippen LogP contribution in [0.5, 0.6) is 0 Å². The number of esters is 2. The summed E-state index contributed by atoms with van der Waals surface area (Å²) in [7, 11) is 0. The Morgan fingerprint density at radius 1 is 0.826 bits per heavy atom. The number of ether oxygens (including phenoxy) is 2. The van der Waals surface area contributed by atoms with Crippen LogP contribution >= 0.6 is 0 Å². The Bertz CT molecular complexity index is 1430. The minimum Gasteiger partial charge on any atom is -0.478 e. The molecule has 6 rings (SSSR count). The van der Waals surface area contributed by atoms with Crippen molar-refractivity contribution in [3.63, 3.8) is 0 Å². The van der Waals surface area contributed by atoms with E-state index in [9.17, 15) is 19.5 Å². The molecule has 0 saturated heterocycles. The average molecular weight is 633 g/mol. The van der Waals surface area contributed by atoms with Gasteiger partial charge in [0.1, 0.15) is 6.10 Å². The number of hydrogen-bond acceptors (Lipinski definition) is 5. The lowest BCUT2D eigenvalue weighted by molar-refractivity contribution is -0.249. The zero-order chi connectivity index (χ0) is 33.4. The maximum Gasteiger partial charge on any atom is 0.339 e. The molecule has 0 spiro atoms. The molecular formula is C40H56O6. The van der Waals surface area contributed by atoms with Gasteiger partial charge < -0.3 is 14.6 Å². The van der Waals surface area contributed by atoms with Crippen molar-refractivity contribution in [3.8, 4) is 0 Å². The van der Waals surface area contributed by atoms with Crippen LogP contribution in [-0.2, 0) is 14.3 Å². The SMILES string of the molecule is C=C(C)[C@@H]1CC[C@]2(COC(C)=O)CC[C@]3(C)[C@H](CC[C@@H]4[C@@]5(C)CC[C@H](OC(=O)c6ccccc6C(=O)O)C(C)(C)[C@@H]5CC[C@]43C)[C@H]12. The number of carbonyl (C=O) groups excluding carboxylic acids is 2. The molecule has 1 aromatic rings. The standard InChI is InChI=1S/C40H56O6/c1-24(2)26-15-20-40(23-45-25(3)41)22-21-38(7)29(33(26)40)13-14-31-37(6)18-17-32(36(4,5)30(37)16-19-39(31,38)8)46-35(44)28-12-10-9-11-27(28)34(42)43/h9-12,26,29-33H,1,13-23H2,2-8H3,(H,42,43)/t26-,29+,30-,31+,32-,33-,37-,38+,39+,40+/m0/s1. The van der Waals surface area contributed by atoms with Gasteiger partial charge >= 0.3 is 17.9 Å². The molecule has 0 aromatic heterocycles. The quantitative estimate of drug-likeness (QED) is 0.249. The van der Waals surface area contributed by atoms with E-state index < -0.39 is 11.9 Å². The molecule has 5 aliphatic rings. The van der Waals surface area contributed by atoms with Crippen molar-refractivity contribution in [2.75, 3.05) is 6.61 Å². The van der Waals surface area contributed by atoms with Crippen molar-refractivity contribution in [1.29, 1.82) is 0 Å². The lowest BCUT2D eigenvalue weighted by Gasteiger charge is -2.73. The predicted molar refractivity (Wildman–Crippen MR) is 178 cm³/mol. The molecular weight excluding hydrogens is 576 g/mol. The molecule has 1 aromatic carbocycles. The Balaban J connectivity index is 1.27. The van der Waals surface area contributed by atoms with Gasteiger partial charge in [0.2, 0.25) is 0 Å². The van der Waals surface area contributed by atoms with Crippen LogP contribution in [0, 0.1) is 56.7 Å². The van der Waals surface area contributed by atoms with Gasteiger partial charge in [-0.3, -0.25) is 4.79 Å². The third-order valence-electron chi connectivity index (χ3n) is 15.4. The smallest absolute Gasteiger partial charge is 0.339 e. The second kappa shape index (κ2) is 11.2. The van der Waals surface area contributed by atoms with E-state index in [4.69, 9.17) is 9.47 Å². The molecule has 5 aliphatic carbocycles. The second-order valence-corrected chi connectivity index (χ2v) is 17.4. The second-order valence-electron chi connectivity index (χ2n) is 17.4. The van der Waals surface area contributed by atoms with Crippen LogP contribution in [0.15, 0.2) is 36.4 Å². The first-order valence-corrected chi connectivity index (χ1v) is 17.8. The van der Waals surface area contributed by atoms with Gasteiger partial charge in [-0.25, -0.2) is 9.59 Å². The van der Waals surface area contributed by atoms with E-state index in [2.05, 4.69) is 48.1 Å². The molecule has 0 unspecified atom stereocenters. The first-order chi connectivity index (χ1) is 21.5. The molecule has 0 heterocycles. The first kappa shape index (κ1) is 33.3. The maximum absolute atomic E-state index is 13.4. The molecule has 5 fully saturated rings. The highest BCUT2D eigenvalue weighted by atomic mass is 16.5. The molecule has 5 saturated carbocycles. The van der Waals surface area contributed by atoms with Gasteiger partial charge in [0.25, 0.3) is 0 Å². The summed E-state index contributed by atoms with van der Waals surface area (Å²) in [4.78, 5) is 37.2. The molecule has 0 amide bonds. The minimum atomic E-state index is -1.11. The Hall–Kier alpha value is -2.63. The van der Waals surface area contributed by atoms with E-state index >= 15 is 0 Å². The molecule has 6 nitrogen and oxygen atoms in total. The summed E-state index contributed by atoms with van der Waals surface area (Å²) in [5.74, 6) is 0.747. The summed E-state index contributed by atoms with van der Waals surface area (Å²) >= 11 is 0. The number of carbonyl (C=O) groups is 3. The van der Waals surface area contributed by atoms with E-state index in [-0.39, 0.29) is 50.3 Å². The van der Waals surface area contributed by atoms with Crippen molar-refractivity contribution in [2.24, 2.45) is 56.7 Å². The summed E-state index contributed by atoms with van der Waals surface area (Å²) in [6.45, 7) is 21.1. The molecule has 1 N–H and O–H groups in total. The Morgan fingerprint density at radius 2 is 1.52 bits per heavy atom. The third kappa shape index (κ3) is 4.73. The Morgan fingerprint density at radius 3 is 2.17 bits per heavy atom. The van der Waals surface area contributed by atoms with Crippen molar-refractivity contribution in [3.05, 3.63) is 47.5 Å². The Labute approximate surface area is 276 Å². The topological polar surface area (TPSA) is 89.9 Å². The van der Waals surface area contributed by atoms with Gasteiger partial charge in [-0.05, 0) is 129 Å². The Kier molecular flexibility index (Phi) is 8.12. The van der Waals surface area contributed by atoms with Crippen molar-refractivity contribution >= 4 is 17.9 Å². The van der Waals surface area contributed by atoms with E-state index in [1.807, 2.05) is 0 Å². The molecule has 6 heteroatoms. The fourth-order valence-electron chi connectivity index (χ4n) is 13.0. The fraction of sp³-hybridized carbons (Fsp3) is 0.725. The molecule has 0 aliphatic heterocycles. The highest BCUT2D eigenvalue weighted by Gasteiger charge is 2.71. The fourth-order valence-corrected chi connectivity index (χ4v) is 13.0. The summed E-state index contributed by atoms with van der Waals surface area (Å²) in [5, 5.41) is 9.67. The van der Waals surface area contributed by atoms with E-state index in [0.29, 0.717) is 36.2 Å². The summed E-state index contributed by atoms with van der Waals surface area (Å²) in [5.41, 5.74) is 1.75. The molecule has 46 heavy (non-hydrogen) atoms. The van der Waals surface area contributed by atoms with Crippen LogP contribution in [0.4, 0.5) is 0 Å². The molecule has 10 atom stereocenters. The maximum atomic E-state index is 13.4. The lowest BCUT2D eigenvalue weighted by Crippen LogP contribution is -2.67. The van der Waals surface area contributed by atoms with Gasteiger partial charge in [-0.1, -0.05) is 58.9 Å². The first-order valence-electron chi connectivity index (χ1n) is 17.8. The van der Waals surface area contributed by atoms with Crippen LogP contribution in [0.1, 0.15) is 133 Å². The van der Waals surface area contributed by atoms with Gasteiger partial charge in [-0.2, -0.15) is 0 Å². The van der Waals surface area contributed by atoms with Crippen LogP contribution in [0.2, 0.25) is 0 Å². The van der Waals surface area contributed by atoms with Crippen molar-refractivity contribution < 1.29 is 29.0 Å². The van der Waals surface area contributed by atoms with Crippen LogP contribution in [0.3, 0.4) is 0 Å². The van der Waals surface area contributed by atoms with E-state index in [1.165, 1.54) is 30.9 Å². The van der Waals surface area contributed by atoms with Crippen molar-refractivity contribution in [1.82, 2.24) is 0 Å². The third-order valence-corrected chi connectivity index (χ3v) is 15.4. The largest absolute Gasteiger partial charge is 0.478 e. The number of carboxylic acids is 1. The number of aromatic carboxylic acids is 1. The highest BCUT2D eigenvalue weighted by molar-refractivity contribution is 6.02. The number of benzene rings is 1. The number of allylic oxidation sites excluding steroid dienone is 1. The molecule has 0 bridgehead atoms. The summed E-state index contributed by atoms with van der Waals surface area (Å²) in [6.07, 6.45) is 10.8. The zero-order valence-electron chi connectivity index (χ0n) is 29.2. The van der Waals surface area contributed by atoms with Gasteiger partial charge in [0.15, 0.2) is 0 Å². The number of hydrogen-bond donors (Lipinski definition) is 1. The van der Waals surface area contributed by atoms with E-state index in [1.54, 1.807) is 25.1 Å². The normalized spacial score (nSPS) is 42.4. The van der Waals surface area contributed by atoms with Crippen LogP contribution in [-0.4, -0.2) is 35.7 Å². The van der Waals surface area contributed by atoms with Crippen LogP contribution < -0.4 is 0 Å². The summed E-state index contributed by atoms with van der Waals surface area (Å²) < 4.78 is 12.0. The van der Waals surface area contributed by atoms with E-state index in [0.717, 1.165) is 44.9 Å². The predicted octanol–water partition coefficient (Wildman–Crippen LogP) is 9.13. The van der Waals surface area contributed by atoms with Gasteiger partial charge in [-0.15, -0.1) is 0 Å². The van der Waals surface area contributed by atoms with Gasteiger partial charge in [0.05, 0.1) is 17.7 Å². The molecule has 252 valence electrons. The highest BCUT2D eigenvalue weighted by Crippen LogP contribution is 2.77. The number of fused-ring (bicyclic) bond motifs is 7. The monoisotopic (exact) mass is 632 g/mol. The van der Waals surface area contributed by atoms with Crippen LogP contribution in [0.25, 0.3) is 0 Å². The number of carboxylic acid groups (broad SMARTS) is 1. The minimum absolute atomic E-state index is 0.00935. The zero-order valence-corrected chi connectivity index (χ0v) is 29.2. The lowest BCUT2D eigenvalue weighted by atomic mass is 9.32. The summed E-state index contributed by atoms with van der Waals surface area (Å²) in [6, 6.07) is 6.37. The van der Waals surface area contributed by atoms with Gasteiger partial charge in [0, 0.05) is 17.8 Å². The van der Waals surface area contributed by atoms with Crippen molar-refractivity contribution in [2.45, 2.75) is 119 Å². The molecule has 0 radical (unpaired) electrons.